The van der Waals surface area contributed by atoms with Gasteiger partial charge in [0.2, 0.25) is 5.91 Å². The van der Waals surface area contributed by atoms with Crippen LogP contribution in [0.2, 0.25) is 0 Å². The number of aliphatic hydroxyl groups is 5. The van der Waals surface area contributed by atoms with Crippen molar-refractivity contribution in [3.8, 4) is 0 Å². The van der Waals surface area contributed by atoms with Gasteiger partial charge in [-0.1, -0.05) is 227 Å². The van der Waals surface area contributed by atoms with E-state index in [2.05, 4.69) is 56.5 Å². The van der Waals surface area contributed by atoms with Crippen LogP contribution in [-0.2, 0) is 23.8 Å². The summed E-state index contributed by atoms with van der Waals surface area (Å²) in [4.78, 5) is 26.4. The molecule has 0 saturated carbocycles. The van der Waals surface area contributed by atoms with Crippen LogP contribution in [0.15, 0.2) is 97.2 Å². The van der Waals surface area contributed by atoms with Crippen molar-refractivity contribution in [3.05, 3.63) is 97.2 Å². The molecule has 0 aromatic heterocycles. The third-order valence-electron chi connectivity index (χ3n) is 12.6. The van der Waals surface area contributed by atoms with E-state index >= 15 is 0 Å². The Kier molecular flexibility index (Phi) is 44.0. The Hall–Kier alpha value is -3.42. The second-order valence-electron chi connectivity index (χ2n) is 19.1. The molecule has 71 heavy (non-hydrogen) atoms. The van der Waals surface area contributed by atoms with E-state index in [0.717, 1.165) is 64.2 Å². The number of hydrogen-bond donors (Lipinski definition) is 6. The first-order valence-corrected chi connectivity index (χ1v) is 28.1. The Morgan fingerprint density at radius 3 is 1.65 bits per heavy atom. The summed E-state index contributed by atoms with van der Waals surface area (Å²) in [5, 5.41) is 56.7. The smallest absolute Gasteiger partial charge is 0.306 e. The largest absolute Gasteiger partial charge is 0.454 e. The molecule has 0 aromatic carbocycles. The first-order valence-electron chi connectivity index (χ1n) is 28.1. The molecule has 0 aromatic rings. The fourth-order valence-electron chi connectivity index (χ4n) is 8.12. The molecule has 11 nitrogen and oxygen atoms in total. The highest BCUT2D eigenvalue weighted by Gasteiger charge is 2.47. The molecule has 1 aliphatic heterocycles. The van der Waals surface area contributed by atoms with Crippen molar-refractivity contribution in [1.29, 1.82) is 0 Å². The minimum atomic E-state index is -1.65. The van der Waals surface area contributed by atoms with Crippen LogP contribution >= 0.6 is 0 Å². The molecule has 1 saturated heterocycles. The second-order valence-corrected chi connectivity index (χ2v) is 19.1. The van der Waals surface area contributed by atoms with Gasteiger partial charge in [-0.2, -0.15) is 0 Å². The van der Waals surface area contributed by atoms with Crippen LogP contribution in [0.25, 0.3) is 0 Å². The molecule has 1 aliphatic rings. The van der Waals surface area contributed by atoms with E-state index in [1.165, 1.54) is 89.9 Å². The van der Waals surface area contributed by atoms with Crippen molar-refractivity contribution >= 4 is 11.9 Å². The number of carbonyl (C=O) groups excluding carboxylic acids is 2. The number of carbonyl (C=O) groups is 2. The van der Waals surface area contributed by atoms with Crippen LogP contribution < -0.4 is 5.32 Å². The summed E-state index contributed by atoms with van der Waals surface area (Å²) in [5.74, 6) is -1.29. The molecule has 8 atom stereocenters. The summed E-state index contributed by atoms with van der Waals surface area (Å²) in [6, 6.07) is -1.04. The zero-order chi connectivity index (χ0) is 51.8. The topological polar surface area (TPSA) is 175 Å². The Labute approximate surface area is 431 Å². The zero-order valence-electron chi connectivity index (χ0n) is 44.6. The van der Waals surface area contributed by atoms with E-state index in [1.54, 1.807) is 6.08 Å². The summed E-state index contributed by atoms with van der Waals surface area (Å²) in [6.07, 6.45) is 51.8. The average Bonchev–Trinajstić information content (AvgIpc) is 3.37. The third kappa shape index (κ3) is 36.2. The lowest BCUT2D eigenvalue weighted by Gasteiger charge is -2.41. The van der Waals surface area contributed by atoms with Crippen LogP contribution in [0, 0.1) is 0 Å². The molecule has 0 aliphatic carbocycles. The average molecular weight is 996 g/mol. The van der Waals surface area contributed by atoms with Crippen molar-refractivity contribution in [3.63, 3.8) is 0 Å². The normalized spacial score (nSPS) is 20.4. The lowest BCUT2D eigenvalue weighted by atomic mass is 9.99. The fraction of sp³-hybridized carbons (Fsp3) is 0.700. The van der Waals surface area contributed by atoms with Crippen LogP contribution in [-0.4, -0.2) is 99.6 Å². The summed E-state index contributed by atoms with van der Waals surface area (Å²) >= 11 is 0. The lowest BCUT2D eigenvalue weighted by molar-refractivity contribution is -0.305. The number of aliphatic hydroxyl groups excluding tert-OH is 5. The van der Waals surface area contributed by atoms with Gasteiger partial charge in [0, 0.05) is 6.42 Å². The fourth-order valence-corrected chi connectivity index (χ4v) is 8.12. The summed E-state index contributed by atoms with van der Waals surface area (Å²) < 4.78 is 17.5. The maximum Gasteiger partial charge on any atom is 0.306 e. The molecule has 8 unspecified atom stereocenters. The monoisotopic (exact) mass is 996 g/mol. The highest BCUT2D eigenvalue weighted by Crippen LogP contribution is 2.26. The van der Waals surface area contributed by atoms with E-state index in [1.807, 2.05) is 60.8 Å². The number of ether oxygens (including phenoxy) is 3. The molecule has 1 rings (SSSR count). The number of unbranched alkanes of at least 4 members (excludes halogenated alkanes) is 21. The minimum absolute atomic E-state index is 0.0223. The molecule has 406 valence electrons. The van der Waals surface area contributed by atoms with Crippen LogP contribution in [0.1, 0.15) is 207 Å². The highest BCUT2D eigenvalue weighted by atomic mass is 16.7. The van der Waals surface area contributed by atoms with Gasteiger partial charge in [0.1, 0.15) is 24.4 Å². The minimum Gasteiger partial charge on any atom is -0.454 e. The maximum atomic E-state index is 13.4. The van der Waals surface area contributed by atoms with Gasteiger partial charge in [0.05, 0.1) is 25.4 Å². The van der Waals surface area contributed by atoms with Crippen LogP contribution in [0.4, 0.5) is 0 Å². The number of hydrogen-bond acceptors (Lipinski definition) is 10. The Bertz CT molecular complexity index is 1520. The molecular formula is C60H101NO10. The number of esters is 1. The van der Waals surface area contributed by atoms with E-state index in [4.69, 9.17) is 14.2 Å². The van der Waals surface area contributed by atoms with Crippen molar-refractivity contribution in [2.24, 2.45) is 0 Å². The van der Waals surface area contributed by atoms with Gasteiger partial charge in [-0.25, -0.2) is 0 Å². The predicted molar refractivity (Wildman–Crippen MR) is 292 cm³/mol. The standard InChI is InChI=1S/C60H101NO10/c1-4-7-10-13-16-19-22-24-25-26-27-28-30-32-35-38-41-44-47-53(64)59(68)61-51(52(63)46-43-40-37-34-31-21-18-15-12-9-6-3)50-69-60-58(57(67)56(66)54(49-62)70-60)71-55(65)48-45-42-39-36-33-29-23-20-17-14-11-8-5-2/h8,11,14,16-17,19-20,23-25,29,33,36,39,43,46,51-54,56-58,60,62-64,66-67H,4-7,9-10,12-13,15,18,21-22,26-28,30-32,34-35,37-38,40-42,44-45,47-50H2,1-3H3,(H,61,68)/b11-8+,17-14+,19-16-,23-20-,25-24-,33-29-,39-36+,46-43+. The first kappa shape index (κ1) is 65.6. The Morgan fingerprint density at radius 2 is 1.07 bits per heavy atom. The highest BCUT2D eigenvalue weighted by molar-refractivity contribution is 5.80. The van der Waals surface area contributed by atoms with Crippen LogP contribution in [0.3, 0.4) is 0 Å². The van der Waals surface area contributed by atoms with Gasteiger partial charge >= 0.3 is 5.97 Å². The van der Waals surface area contributed by atoms with Gasteiger partial charge in [0.25, 0.3) is 0 Å². The van der Waals surface area contributed by atoms with E-state index in [-0.39, 0.29) is 19.4 Å². The molecule has 0 bridgehead atoms. The predicted octanol–water partition coefficient (Wildman–Crippen LogP) is 12.4. The number of rotatable bonds is 45. The molecule has 1 heterocycles. The van der Waals surface area contributed by atoms with Gasteiger partial charge < -0.3 is 45.1 Å². The van der Waals surface area contributed by atoms with Gasteiger partial charge in [0.15, 0.2) is 12.4 Å². The molecule has 0 radical (unpaired) electrons. The third-order valence-corrected chi connectivity index (χ3v) is 12.6. The molecule has 6 N–H and O–H groups in total. The SMILES string of the molecule is CC/C=C/C=C/C=C\C=C/C=C/CCCC(=O)OC1C(OCC(NC(=O)C(O)CCCCCCCCCC/C=C\C/C=C\CCCCC)C(O)/C=C/CCCCCCCCCCC)OC(CO)C(O)C1O. The Balaban J connectivity index is 2.76. The molecule has 1 amide bonds. The lowest BCUT2D eigenvalue weighted by Crippen LogP contribution is -2.61. The van der Waals surface area contributed by atoms with Gasteiger partial charge in [-0.15, -0.1) is 0 Å². The van der Waals surface area contributed by atoms with E-state index < -0.39 is 67.4 Å². The molecule has 0 spiro atoms. The van der Waals surface area contributed by atoms with Crippen LogP contribution in [0.5, 0.6) is 0 Å². The quantitative estimate of drug-likeness (QED) is 0.0149. The number of allylic oxidation sites excluding steroid dienone is 15. The second kappa shape index (κ2) is 47.6. The van der Waals surface area contributed by atoms with Crippen molar-refractivity contribution in [2.45, 2.75) is 256 Å². The number of nitrogens with one attached hydrogen (secondary N) is 1. The summed E-state index contributed by atoms with van der Waals surface area (Å²) in [6.45, 7) is 5.54. The van der Waals surface area contributed by atoms with E-state index in [0.29, 0.717) is 19.3 Å². The summed E-state index contributed by atoms with van der Waals surface area (Å²) in [5.41, 5.74) is 0. The zero-order valence-corrected chi connectivity index (χ0v) is 44.6. The number of amides is 1. The first-order chi connectivity index (χ1) is 34.7. The van der Waals surface area contributed by atoms with Crippen molar-refractivity contribution in [1.82, 2.24) is 5.32 Å². The van der Waals surface area contributed by atoms with Crippen molar-refractivity contribution < 1.29 is 49.3 Å². The summed E-state index contributed by atoms with van der Waals surface area (Å²) in [7, 11) is 0. The molecular weight excluding hydrogens is 895 g/mol. The molecule has 11 heteroatoms. The molecule has 1 fully saturated rings. The van der Waals surface area contributed by atoms with Crippen molar-refractivity contribution in [2.75, 3.05) is 13.2 Å². The Morgan fingerprint density at radius 1 is 0.577 bits per heavy atom. The van der Waals surface area contributed by atoms with Gasteiger partial charge in [-0.3, -0.25) is 9.59 Å². The van der Waals surface area contributed by atoms with Gasteiger partial charge in [-0.05, 0) is 70.6 Å². The van der Waals surface area contributed by atoms with E-state index in [9.17, 15) is 35.1 Å². The maximum absolute atomic E-state index is 13.4.